The van der Waals surface area contributed by atoms with Crippen LogP contribution in [0.2, 0.25) is 0 Å². The van der Waals surface area contributed by atoms with Gasteiger partial charge in [-0.05, 0) is 228 Å². The molecule has 0 unspecified atom stereocenters. The van der Waals surface area contributed by atoms with Gasteiger partial charge in [0.25, 0.3) is 0 Å². The van der Waals surface area contributed by atoms with E-state index < -0.39 is 0 Å². The Hall–Kier alpha value is -9.12. The van der Waals surface area contributed by atoms with E-state index in [0.717, 1.165) is 64.2 Å². The first-order chi connectivity index (χ1) is 42.5. The zero-order valence-corrected chi connectivity index (χ0v) is 50.3. The van der Waals surface area contributed by atoms with Crippen LogP contribution in [0.25, 0.3) is 87.3 Å². The summed E-state index contributed by atoms with van der Waals surface area (Å²) in [4.78, 5) is 5.38. The number of nitrogens with zero attached hydrogens (tertiary/aromatic N) is 4. The molecule has 0 bridgehead atoms. The van der Waals surface area contributed by atoms with Crippen molar-refractivity contribution in [3.63, 3.8) is 0 Å². The molecule has 0 saturated carbocycles. The third-order valence-corrected chi connectivity index (χ3v) is 19.8. The quantitative estimate of drug-likeness (QED) is 0.101. The molecule has 4 nitrogen and oxygen atoms in total. The van der Waals surface area contributed by atoms with Crippen molar-refractivity contribution in [3.8, 4) is 11.4 Å². The van der Waals surface area contributed by atoms with Crippen molar-refractivity contribution in [3.05, 3.63) is 251 Å². The Morgan fingerprint density at radius 2 is 0.721 bits per heavy atom. The number of aryl methyl sites for hydroxylation is 6. The molecule has 0 aliphatic heterocycles. The van der Waals surface area contributed by atoms with Crippen molar-refractivity contribution < 1.29 is 0 Å². The number of para-hydroxylation sites is 2. The molecule has 2 aromatic heterocycles. The Kier molecular flexibility index (Phi) is 13.1. The van der Waals surface area contributed by atoms with Crippen molar-refractivity contribution in [2.75, 3.05) is 9.80 Å². The molecule has 14 aromatic rings. The van der Waals surface area contributed by atoms with Crippen LogP contribution in [0.15, 0.2) is 206 Å². The number of rotatable bonds is 14. The fraction of sp³-hybridized carbons (Fsp3) is 0.220. The summed E-state index contributed by atoms with van der Waals surface area (Å²) < 4.78 is 5.01. The normalized spacial score (nSPS) is 13.5. The standard InChI is InChI=1S/C82H74N4/c1-5-19-57-49-77(85(73-31-17-23-55-21-9-11-25-63(55)73)61-41-43-69-67-27-13-15-29-75(67)83(79(69)51-61)59-37-33-53(7-3)34-38-59)71-48-46-66-58(20-6-2)50-78(72-47-45-65(57)81(71)82(66)72)86(74-32-18-24-56-22-10-12-26-64(56)74)62-42-44-70-68-28-14-16-30-76(68)84(80(70)52-62)60-39-35-54(8-4)36-40-60/h13-18,23-24,27-52H,5-12,19-22,25-26H2,1-4H3. The maximum atomic E-state index is 2.69. The van der Waals surface area contributed by atoms with Crippen LogP contribution in [0.3, 0.4) is 0 Å². The summed E-state index contributed by atoms with van der Waals surface area (Å²) in [7, 11) is 0. The van der Waals surface area contributed by atoms with Crippen LogP contribution in [-0.4, -0.2) is 9.13 Å². The summed E-state index contributed by atoms with van der Waals surface area (Å²) in [6.07, 6.45) is 15.3. The fourth-order valence-corrected chi connectivity index (χ4v) is 15.7. The van der Waals surface area contributed by atoms with Gasteiger partial charge in [0.05, 0.1) is 33.4 Å². The smallest absolute Gasteiger partial charge is 0.0561 e. The highest BCUT2D eigenvalue weighted by Gasteiger charge is 2.29. The lowest BCUT2D eigenvalue weighted by Crippen LogP contribution is -2.17. The van der Waals surface area contributed by atoms with E-state index in [1.54, 1.807) is 0 Å². The molecule has 86 heavy (non-hydrogen) atoms. The lowest BCUT2D eigenvalue weighted by Gasteiger charge is -2.33. The molecule has 422 valence electrons. The fourth-order valence-electron chi connectivity index (χ4n) is 15.7. The minimum absolute atomic E-state index is 0.981. The van der Waals surface area contributed by atoms with E-state index in [-0.39, 0.29) is 0 Å². The van der Waals surface area contributed by atoms with E-state index in [1.165, 1.54) is 192 Å². The summed E-state index contributed by atoms with van der Waals surface area (Å²) in [6, 6.07) is 80.7. The van der Waals surface area contributed by atoms with E-state index >= 15 is 0 Å². The molecule has 0 atom stereocenters. The van der Waals surface area contributed by atoms with E-state index in [1.807, 2.05) is 0 Å². The van der Waals surface area contributed by atoms with Gasteiger partial charge in [-0.3, -0.25) is 0 Å². The summed E-state index contributed by atoms with van der Waals surface area (Å²) in [5.41, 5.74) is 26.2. The number of fused-ring (bicyclic) bond motifs is 8. The number of aromatic nitrogens is 2. The highest BCUT2D eigenvalue weighted by molar-refractivity contribution is 6.29. The number of benzene rings is 12. The molecule has 4 heteroatoms. The third kappa shape index (κ3) is 8.38. The summed E-state index contributed by atoms with van der Waals surface area (Å²) in [6.45, 7) is 9.20. The Morgan fingerprint density at radius 1 is 0.326 bits per heavy atom. The van der Waals surface area contributed by atoms with Gasteiger partial charge in [-0.25, -0.2) is 0 Å². The van der Waals surface area contributed by atoms with Gasteiger partial charge in [-0.15, -0.1) is 0 Å². The molecule has 0 N–H and O–H groups in total. The van der Waals surface area contributed by atoms with Gasteiger partial charge in [-0.1, -0.05) is 162 Å². The second-order valence-electron chi connectivity index (χ2n) is 24.7. The van der Waals surface area contributed by atoms with Crippen molar-refractivity contribution in [2.24, 2.45) is 0 Å². The van der Waals surface area contributed by atoms with Gasteiger partial charge >= 0.3 is 0 Å². The van der Waals surface area contributed by atoms with Gasteiger partial charge in [0.1, 0.15) is 0 Å². The predicted octanol–water partition coefficient (Wildman–Crippen LogP) is 22.5. The highest BCUT2D eigenvalue weighted by Crippen LogP contribution is 2.53. The Bertz CT molecular complexity index is 4620. The lowest BCUT2D eigenvalue weighted by molar-refractivity contribution is 0.686. The molecule has 12 aromatic carbocycles. The second kappa shape index (κ2) is 21.4. The monoisotopic (exact) mass is 1110 g/mol. The lowest BCUT2D eigenvalue weighted by atomic mass is 9.85. The molecular formula is C82H74N4. The molecule has 2 heterocycles. The van der Waals surface area contributed by atoms with Crippen LogP contribution >= 0.6 is 0 Å². The summed E-state index contributed by atoms with van der Waals surface area (Å²) in [5.74, 6) is 0. The van der Waals surface area contributed by atoms with Crippen LogP contribution in [0, 0.1) is 0 Å². The number of anilines is 6. The van der Waals surface area contributed by atoms with Gasteiger partial charge in [0, 0.05) is 66.4 Å². The molecule has 0 saturated heterocycles. The van der Waals surface area contributed by atoms with Crippen molar-refractivity contribution >= 4 is 110 Å². The minimum Gasteiger partial charge on any atom is -0.309 e. The van der Waals surface area contributed by atoms with Crippen LogP contribution < -0.4 is 9.80 Å². The van der Waals surface area contributed by atoms with Gasteiger partial charge < -0.3 is 18.9 Å². The zero-order chi connectivity index (χ0) is 57.6. The Labute approximate surface area is 505 Å². The van der Waals surface area contributed by atoms with Crippen molar-refractivity contribution in [2.45, 2.75) is 118 Å². The summed E-state index contributed by atoms with van der Waals surface area (Å²) in [5, 5.41) is 13.2. The van der Waals surface area contributed by atoms with E-state index in [2.05, 4.69) is 253 Å². The SMILES string of the molecule is CCCc1cc(N(c2ccc3c4ccccc4n(-c4ccc(CC)cc4)c3c2)c2cccc3c2CCCC3)c2ccc3c(CCC)cc(N(c4ccc5c6ccccc6n(-c6ccc(CC)cc6)c5c4)c4cccc5c4CCCC5)c4ccc1c2c34. The number of hydrogen-bond acceptors (Lipinski definition) is 2. The maximum Gasteiger partial charge on any atom is 0.0561 e. The molecule has 0 amide bonds. The van der Waals surface area contributed by atoms with Crippen LogP contribution in [0.1, 0.15) is 111 Å². The third-order valence-electron chi connectivity index (χ3n) is 19.8. The van der Waals surface area contributed by atoms with Crippen molar-refractivity contribution in [1.82, 2.24) is 9.13 Å². The predicted molar refractivity (Wildman–Crippen MR) is 368 cm³/mol. The molecular weight excluding hydrogens is 1040 g/mol. The van der Waals surface area contributed by atoms with E-state index in [0.29, 0.717) is 0 Å². The average Bonchev–Trinajstić information content (AvgIpc) is 0.882. The Morgan fingerprint density at radius 3 is 1.15 bits per heavy atom. The number of hydrogen-bond donors (Lipinski definition) is 0. The zero-order valence-electron chi connectivity index (χ0n) is 50.3. The minimum atomic E-state index is 0.981. The first-order valence-corrected chi connectivity index (χ1v) is 32.3. The van der Waals surface area contributed by atoms with Crippen LogP contribution in [-0.2, 0) is 51.4 Å². The Balaban J connectivity index is 0.985. The van der Waals surface area contributed by atoms with Gasteiger partial charge in [0.2, 0.25) is 0 Å². The second-order valence-corrected chi connectivity index (χ2v) is 24.7. The van der Waals surface area contributed by atoms with Crippen LogP contribution in [0.4, 0.5) is 34.1 Å². The molecule has 0 spiro atoms. The van der Waals surface area contributed by atoms with Crippen molar-refractivity contribution in [1.29, 1.82) is 0 Å². The first kappa shape index (κ1) is 52.4. The van der Waals surface area contributed by atoms with E-state index in [4.69, 9.17) is 0 Å². The molecule has 0 radical (unpaired) electrons. The first-order valence-electron chi connectivity index (χ1n) is 32.3. The topological polar surface area (TPSA) is 16.3 Å². The largest absolute Gasteiger partial charge is 0.309 e. The molecule has 16 rings (SSSR count). The maximum absolute atomic E-state index is 2.69. The average molecular weight is 1120 g/mol. The molecule has 0 fully saturated rings. The van der Waals surface area contributed by atoms with Crippen LogP contribution in [0.5, 0.6) is 0 Å². The van der Waals surface area contributed by atoms with E-state index in [9.17, 15) is 0 Å². The molecule has 2 aliphatic rings. The molecule has 2 aliphatic carbocycles. The summed E-state index contributed by atoms with van der Waals surface area (Å²) >= 11 is 0. The van der Waals surface area contributed by atoms with Gasteiger partial charge in [-0.2, -0.15) is 0 Å². The highest BCUT2D eigenvalue weighted by atomic mass is 15.2. The van der Waals surface area contributed by atoms with Gasteiger partial charge in [0.15, 0.2) is 0 Å².